The molecule has 4 aromatic heterocycles. The highest BCUT2D eigenvalue weighted by Gasteiger charge is 2.27. The Morgan fingerprint density at radius 2 is 1.94 bits per heavy atom. The van der Waals surface area contributed by atoms with Crippen LogP contribution in [0, 0.1) is 0 Å². The number of rotatable bonds is 13. The third-order valence-corrected chi connectivity index (χ3v) is 10.8. The predicted molar refractivity (Wildman–Crippen MR) is 209 cm³/mol. The van der Waals surface area contributed by atoms with Crippen LogP contribution in [0.3, 0.4) is 0 Å². The molecule has 3 N–H and O–H groups in total. The molecule has 1 atom stereocenters. The molecule has 0 unspecified atom stereocenters. The van der Waals surface area contributed by atoms with Gasteiger partial charge in [-0.2, -0.15) is 5.10 Å². The van der Waals surface area contributed by atoms with Gasteiger partial charge in [0.2, 0.25) is 11.8 Å². The van der Waals surface area contributed by atoms with Gasteiger partial charge in [0.05, 0.1) is 46.1 Å². The van der Waals surface area contributed by atoms with Crippen molar-refractivity contribution in [2.24, 2.45) is 7.05 Å². The van der Waals surface area contributed by atoms with Crippen molar-refractivity contribution in [3.05, 3.63) is 93.4 Å². The Labute approximate surface area is 324 Å². The number of hydrogen-bond acceptors (Lipinski definition) is 9. The standard InChI is InChI=1S/C39H44Cl2N10O3/c1-23(2)51-21-24(18-44-51)13-16-50-17-14-32-31(22-50)46-37(49(32)3)38(53)47-30-7-5-6-28(34(30)40)36-35(41)27(12-15-43-36)29-10-8-25(39(48-29)54-4)19-42-20-26-9-11-33(52)45-26/h5-8,10,12,15,18,21,23,26,42H,9,11,13-14,16-17,19-20,22H2,1-4H3,(H,45,52)(H,47,53)/t26-/m1/s1. The third kappa shape index (κ3) is 8.00. The molecule has 54 heavy (non-hydrogen) atoms. The van der Waals surface area contributed by atoms with E-state index in [-0.39, 0.29) is 17.9 Å². The van der Waals surface area contributed by atoms with Gasteiger partial charge in [-0.3, -0.25) is 24.2 Å². The molecule has 0 aliphatic carbocycles. The van der Waals surface area contributed by atoms with Gasteiger partial charge in [-0.25, -0.2) is 9.97 Å². The lowest BCUT2D eigenvalue weighted by molar-refractivity contribution is -0.119. The molecule has 13 nitrogen and oxygen atoms in total. The van der Waals surface area contributed by atoms with E-state index >= 15 is 0 Å². The van der Waals surface area contributed by atoms with Crippen LogP contribution in [0.1, 0.15) is 65.9 Å². The summed E-state index contributed by atoms with van der Waals surface area (Å²) in [6.07, 6.45) is 8.78. The molecule has 1 saturated heterocycles. The second kappa shape index (κ2) is 16.3. The van der Waals surface area contributed by atoms with Crippen molar-refractivity contribution in [2.45, 2.75) is 64.7 Å². The topological polar surface area (TPSA) is 144 Å². The van der Waals surface area contributed by atoms with Gasteiger partial charge in [-0.1, -0.05) is 41.4 Å². The number of fused-ring (bicyclic) bond motifs is 1. The minimum atomic E-state index is -0.356. The van der Waals surface area contributed by atoms with Crippen molar-refractivity contribution in [1.29, 1.82) is 0 Å². The zero-order valence-electron chi connectivity index (χ0n) is 30.8. The first-order valence-electron chi connectivity index (χ1n) is 18.2. The highest BCUT2D eigenvalue weighted by atomic mass is 35.5. The van der Waals surface area contributed by atoms with E-state index in [0.717, 1.165) is 49.3 Å². The van der Waals surface area contributed by atoms with Crippen molar-refractivity contribution in [2.75, 3.05) is 32.1 Å². The molecule has 5 aromatic rings. The SMILES string of the molecule is COc1nc(-c2ccnc(-c3cccc(NC(=O)c4nc5c(n4C)CCN(CCc4cnn(C(C)C)c4)C5)c3Cl)c2Cl)ccc1CNC[C@H]1CCC(=O)N1. The fourth-order valence-corrected chi connectivity index (χ4v) is 7.59. The third-order valence-electron chi connectivity index (χ3n) is 10.0. The number of nitrogens with one attached hydrogen (secondary N) is 3. The summed E-state index contributed by atoms with van der Waals surface area (Å²) in [6.45, 7) is 7.87. The van der Waals surface area contributed by atoms with E-state index in [0.29, 0.717) is 82.0 Å². The lowest BCUT2D eigenvalue weighted by atomic mass is 10.1. The summed E-state index contributed by atoms with van der Waals surface area (Å²) >= 11 is 14.0. The minimum Gasteiger partial charge on any atom is -0.481 e. The maximum atomic E-state index is 13.7. The Bertz CT molecular complexity index is 2180. The number of halogens is 2. The molecule has 15 heteroatoms. The Balaban J connectivity index is 1.04. The number of amides is 2. The molecular weight excluding hydrogens is 727 g/mol. The summed E-state index contributed by atoms with van der Waals surface area (Å²) in [5.74, 6) is 0.519. The van der Waals surface area contributed by atoms with E-state index in [1.54, 1.807) is 31.5 Å². The summed E-state index contributed by atoms with van der Waals surface area (Å²) in [4.78, 5) is 41.7. The van der Waals surface area contributed by atoms with E-state index in [9.17, 15) is 9.59 Å². The summed E-state index contributed by atoms with van der Waals surface area (Å²) in [6, 6.07) is 11.4. The zero-order chi connectivity index (χ0) is 37.9. The highest BCUT2D eigenvalue weighted by molar-refractivity contribution is 6.39. The van der Waals surface area contributed by atoms with Crippen LogP contribution in [0.25, 0.3) is 22.5 Å². The number of aromatic nitrogens is 6. The van der Waals surface area contributed by atoms with Crippen LogP contribution in [0.15, 0.2) is 55.0 Å². The molecule has 2 aliphatic heterocycles. The molecule has 0 bridgehead atoms. The number of hydrogen-bond donors (Lipinski definition) is 3. The van der Waals surface area contributed by atoms with Crippen LogP contribution in [-0.4, -0.2) is 78.8 Å². The van der Waals surface area contributed by atoms with Crippen LogP contribution in [0.2, 0.25) is 10.0 Å². The highest BCUT2D eigenvalue weighted by Crippen LogP contribution is 2.40. The molecule has 7 rings (SSSR count). The number of benzene rings is 1. The number of carbonyl (C=O) groups excluding carboxylic acids is 2. The Kier molecular flexibility index (Phi) is 11.3. The van der Waals surface area contributed by atoms with Crippen LogP contribution in [-0.2, 0) is 37.8 Å². The quantitative estimate of drug-likeness (QED) is 0.134. The van der Waals surface area contributed by atoms with E-state index in [1.807, 2.05) is 40.7 Å². The van der Waals surface area contributed by atoms with Gasteiger partial charge >= 0.3 is 0 Å². The second-order valence-corrected chi connectivity index (χ2v) is 14.8. The van der Waals surface area contributed by atoms with E-state index in [2.05, 4.69) is 51.0 Å². The van der Waals surface area contributed by atoms with Crippen LogP contribution >= 0.6 is 23.2 Å². The maximum Gasteiger partial charge on any atom is 0.291 e. The van der Waals surface area contributed by atoms with Crippen molar-refractivity contribution in [1.82, 2.24) is 44.8 Å². The summed E-state index contributed by atoms with van der Waals surface area (Å²) < 4.78 is 9.49. The van der Waals surface area contributed by atoms with Gasteiger partial charge in [0.1, 0.15) is 0 Å². The monoisotopic (exact) mass is 770 g/mol. The number of carbonyl (C=O) groups is 2. The molecule has 1 aromatic carbocycles. The summed E-state index contributed by atoms with van der Waals surface area (Å²) in [5.41, 5.74) is 6.73. The number of pyridine rings is 2. The van der Waals surface area contributed by atoms with E-state index < -0.39 is 0 Å². The largest absolute Gasteiger partial charge is 0.481 e. The van der Waals surface area contributed by atoms with Crippen LogP contribution < -0.4 is 20.7 Å². The van der Waals surface area contributed by atoms with Gasteiger partial charge in [-0.15, -0.1) is 0 Å². The van der Waals surface area contributed by atoms with Crippen molar-refractivity contribution >= 4 is 40.7 Å². The smallest absolute Gasteiger partial charge is 0.291 e. The Hall–Kier alpha value is -4.82. The molecule has 0 spiro atoms. The predicted octanol–water partition coefficient (Wildman–Crippen LogP) is 5.86. The Morgan fingerprint density at radius 1 is 1.09 bits per heavy atom. The zero-order valence-corrected chi connectivity index (χ0v) is 32.3. The van der Waals surface area contributed by atoms with Gasteiger partial charge < -0.3 is 25.3 Å². The number of anilines is 1. The fraction of sp³-hybridized carbons (Fsp3) is 0.385. The molecular formula is C39H44Cl2N10O3. The van der Waals surface area contributed by atoms with Gasteiger partial charge in [0, 0.05) is 99.5 Å². The first-order valence-corrected chi connectivity index (χ1v) is 18.9. The minimum absolute atomic E-state index is 0.0881. The second-order valence-electron chi connectivity index (χ2n) is 14.0. The lowest BCUT2D eigenvalue weighted by Gasteiger charge is -2.26. The molecule has 2 aliphatic rings. The number of methoxy groups -OCH3 is 1. The van der Waals surface area contributed by atoms with Gasteiger partial charge in [0.15, 0.2) is 5.82 Å². The average Bonchev–Trinajstić information content (AvgIpc) is 3.90. The van der Waals surface area contributed by atoms with Crippen molar-refractivity contribution < 1.29 is 14.3 Å². The van der Waals surface area contributed by atoms with Crippen molar-refractivity contribution in [3.8, 4) is 28.4 Å². The lowest BCUT2D eigenvalue weighted by Crippen LogP contribution is -2.35. The van der Waals surface area contributed by atoms with Crippen LogP contribution in [0.4, 0.5) is 5.69 Å². The summed E-state index contributed by atoms with van der Waals surface area (Å²) in [7, 11) is 3.46. The van der Waals surface area contributed by atoms with Gasteiger partial charge in [0.25, 0.3) is 5.91 Å². The molecule has 0 saturated carbocycles. The van der Waals surface area contributed by atoms with E-state index in [1.165, 1.54) is 5.56 Å². The average molecular weight is 772 g/mol. The van der Waals surface area contributed by atoms with Crippen molar-refractivity contribution in [3.63, 3.8) is 0 Å². The molecule has 1 fully saturated rings. The Morgan fingerprint density at radius 3 is 2.70 bits per heavy atom. The van der Waals surface area contributed by atoms with E-state index in [4.69, 9.17) is 37.9 Å². The maximum absolute atomic E-state index is 13.7. The normalized spacial score (nSPS) is 15.8. The first-order chi connectivity index (χ1) is 26.1. The molecule has 6 heterocycles. The van der Waals surface area contributed by atoms with Crippen LogP contribution in [0.5, 0.6) is 5.88 Å². The van der Waals surface area contributed by atoms with Gasteiger partial charge in [-0.05, 0) is 50.5 Å². The first kappa shape index (κ1) is 37.5. The number of ether oxygens (including phenoxy) is 1. The molecule has 282 valence electrons. The number of nitrogens with zero attached hydrogens (tertiary/aromatic N) is 7. The molecule has 0 radical (unpaired) electrons. The summed E-state index contributed by atoms with van der Waals surface area (Å²) in [5, 5.41) is 14.4. The number of imidazole rings is 1. The fourth-order valence-electron chi connectivity index (χ4n) is 7.01. The molecule has 2 amide bonds.